The SMILES string of the molecule is COC1=CC[C]2CCCCC2=C1.F[P-](F)(F)(F)(F)F.[C-]#[O+].[C-]#[O+].[C-]#[O+].[Fe]. The second-order valence-electron chi connectivity index (χ2n) is 4.45. The molecule has 2 aliphatic carbocycles. The Hall–Kier alpha value is -0.971. The van der Waals surface area contributed by atoms with Gasteiger partial charge in [-0.2, -0.15) is 0 Å². The molecule has 1 radical (unpaired) electrons. The van der Waals surface area contributed by atoms with E-state index in [1.54, 1.807) is 18.6 Å². The van der Waals surface area contributed by atoms with Crippen LogP contribution in [0, 0.1) is 25.9 Å². The number of allylic oxidation sites excluding steroid dienone is 3. The number of ether oxygens (including phenoxy) is 1. The second-order valence-corrected chi connectivity index (χ2v) is 6.37. The average Bonchev–Trinajstić information content (AvgIpc) is 2.57. The minimum absolute atomic E-state index is 0. The van der Waals surface area contributed by atoms with E-state index in [2.05, 4.69) is 32.1 Å². The summed E-state index contributed by atoms with van der Waals surface area (Å²) in [7, 11) is -8.91. The molecule has 26 heavy (non-hydrogen) atoms. The third-order valence-electron chi connectivity index (χ3n) is 2.73. The Morgan fingerprint density at radius 1 is 0.885 bits per heavy atom. The minimum Gasteiger partial charge on any atom is 0 e. The molecule has 0 spiro atoms. The zero-order chi connectivity index (χ0) is 20.8. The first-order chi connectivity index (χ1) is 11.3. The predicted octanol–water partition coefficient (Wildman–Crippen LogP) is 6.26. The van der Waals surface area contributed by atoms with E-state index in [1.807, 2.05) is 0 Å². The first-order valence-corrected chi connectivity index (χ1v) is 8.35. The smallest absolute Gasteiger partial charge is 0 e. The number of methoxy groups -OCH3 is 1. The standard InChI is InChI=1S/C11H15O.3CO.F6P.Fe/c1-12-11-7-6-9-4-2-3-5-10(9)8-11;3*1-2;1-7(2,3,4,5)6;/h7-8H,2-6H2,1H3;;;;;/q;;;;-1;. The molecule has 0 aromatic rings. The molecule has 1 saturated carbocycles. The van der Waals surface area contributed by atoms with Gasteiger partial charge in [0.05, 0.1) is 7.11 Å². The molecule has 0 aromatic heterocycles. The minimum atomic E-state index is -10.7. The Bertz CT molecular complexity index is 497. The van der Waals surface area contributed by atoms with Crippen LogP contribution in [0.3, 0.4) is 0 Å². The molecule has 12 heteroatoms. The first kappa shape index (κ1) is 32.7. The van der Waals surface area contributed by atoms with Crippen LogP contribution in [0.1, 0.15) is 32.1 Å². The van der Waals surface area contributed by atoms with E-state index in [0.717, 1.165) is 12.2 Å². The Labute approximate surface area is 157 Å². The van der Waals surface area contributed by atoms with Gasteiger partial charge in [0.15, 0.2) is 0 Å². The van der Waals surface area contributed by atoms with Gasteiger partial charge in [0, 0.05) is 23.0 Å². The Balaban J connectivity index is -0.000000151. The van der Waals surface area contributed by atoms with Gasteiger partial charge in [0.2, 0.25) is 0 Å². The summed E-state index contributed by atoms with van der Waals surface area (Å²) in [6, 6.07) is 0. The Morgan fingerprint density at radius 2 is 1.27 bits per heavy atom. The summed E-state index contributed by atoms with van der Waals surface area (Å²) in [5, 5.41) is 0. The molecule has 151 valence electrons. The average molecular weight is 448 g/mol. The molecule has 0 saturated heterocycles. The Morgan fingerprint density at radius 3 is 1.65 bits per heavy atom. The van der Waals surface area contributed by atoms with Crippen LogP contribution in [0.5, 0.6) is 0 Å². The van der Waals surface area contributed by atoms with Crippen LogP contribution in [-0.4, -0.2) is 7.11 Å². The van der Waals surface area contributed by atoms with Gasteiger partial charge >= 0.3 is 66.9 Å². The van der Waals surface area contributed by atoms with Gasteiger partial charge in [-0.1, -0.05) is 12.0 Å². The van der Waals surface area contributed by atoms with Crippen LogP contribution in [-0.2, 0) is 35.8 Å². The fourth-order valence-electron chi connectivity index (χ4n) is 2.00. The quantitative estimate of drug-likeness (QED) is 0.154. The van der Waals surface area contributed by atoms with Crippen molar-refractivity contribution in [2.75, 3.05) is 7.11 Å². The summed E-state index contributed by atoms with van der Waals surface area (Å²) in [5.41, 5.74) is 1.54. The van der Waals surface area contributed by atoms with Crippen molar-refractivity contribution >= 4 is 7.81 Å². The molecular formula is C14H15F6FeO4P-. The van der Waals surface area contributed by atoms with Gasteiger partial charge in [0.25, 0.3) is 0 Å². The predicted molar refractivity (Wildman–Crippen MR) is 74.9 cm³/mol. The van der Waals surface area contributed by atoms with Crippen molar-refractivity contribution < 1.29 is 60.9 Å². The van der Waals surface area contributed by atoms with E-state index in [9.17, 15) is 25.2 Å². The third-order valence-corrected chi connectivity index (χ3v) is 2.73. The van der Waals surface area contributed by atoms with Crippen molar-refractivity contribution in [3.8, 4) is 0 Å². The molecule has 4 nitrogen and oxygen atoms in total. The molecule has 0 bridgehead atoms. The summed E-state index contributed by atoms with van der Waals surface area (Å²) in [5.74, 6) is 2.69. The molecular weight excluding hydrogens is 433 g/mol. The zero-order valence-corrected chi connectivity index (χ0v) is 15.4. The van der Waals surface area contributed by atoms with E-state index >= 15 is 0 Å². The van der Waals surface area contributed by atoms with E-state index in [0.29, 0.717) is 0 Å². The van der Waals surface area contributed by atoms with Gasteiger partial charge in [-0.25, -0.2) is 0 Å². The van der Waals surface area contributed by atoms with Crippen LogP contribution in [0.2, 0.25) is 0 Å². The Kier molecular flexibility index (Phi) is 16.6. The molecule has 0 atom stereocenters. The van der Waals surface area contributed by atoms with Crippen molar-refractivity contribution in [2.24, 2.45) is 0 Å². The molecule has 2 rings (SSSR count). The molecule has 0 N–H and O–H groups in total. The van der Waals surface area contributed by atoms with Crippen molar-refractivity contribution in [3.63, 3.8) is 0 Å². The summed E-state index contributed by atoms with van der Waals surface area (Å²) < 4.78 is 86.9. The third kappa shape index (κ3) is 25.3. The fourth-order valence-corrected chi connectivity index (χ4v) is 2.00. The van der Waals surface area contributed by atoms with Gasteiger partial charge in [-0.15, -0.1) is 0 Å². The molecule has 0 amide bonds. The van der Waals surface area contributed by atoms with E-state index < -0.39 is 7.81 Å². The number of halogens is 6. The monoisotopic (exact) mass is 448 g/mol. The maximum absolute atomic E-state index is 10.7. The second kappa shape index (κ2) is 13.2. The van der Waals surface area contributed by atoms with Gasteiger partial charge in [-0.05, 0) is 37.8 Å². The van der Waals surface area contributed by atoms with Crippen LogP contribution in [0.4, 0.5) is 25.2 Å². The molecule has 1 fully saturated rings. The van der Waals surface area contributed by atoms with Crippen molar-refractivity contribution in [2.45, 2.75) is 32.1 Å². The van der Waals surface area contributed by atoms with Crippen molar-refractivity contribution in [3.05, 3.63) is 49.4 Å². The molecule has 0 unspecified atom stereocenters. The van der Waals surface area contributed by atoms with Crippen molar-refractivity contribution in [1.29, 1.82) is 0 Å². The van der Waals surface area contributed by atoms with E-state index in [4.69, 9.17) is 18.7 Å². The van der Waals surface area contributed by atoms with Crippen LogP contribution < -0.4 is 0 Å². The topological polar surface area (TPSA) is 68.9 Å². The summed E-state index contributed by atoms with van der Waals surface area (Å²) in [6.45, 7) is 13.5. The van der Waals surface area contributed by atoms with Crippen LogP contribution in [0.15, 0.2) is 23.5 Å². The van der Waals surface area contributed by atoms with Crippen LogP contribution in [0.25, 0.3) is 0 Å². The number of fused-ring (bicyclic) bond motifs is 1. The maximum Gasteiger partial charge on any atom is 0 e. The fraction of sp³-hybridized carbons (Fsp3) is 0.429. The van der Waals surface area contributed by atoms with Crippen LogP contribution >= 0.6 is 7.81 Å². The van der Waals surface area contributed by atoms with E-state index in [-0.39, 0.29) is 17.1 Å². The van der Waals surface area contributed by atoms with Gasteiger partial charge < -0.3 is 4.74 Å². The molecule has 2 aliphatic rings. The number of rotatable bonds is 1. The summed E-state index contributed by atoms with van der Waals surface area (Å²) >= 11 is 0. The summed E-state index contributed by atoms with van der Waals surface area (Å²) in [4.78, 5) is 0. The molecule has 0 aromatic carbocycles. The normalized spacial score (nSPS) is 17.6. The van der Waals surface area contributed by atoms with Gasteiger partial charge in [-0.3, -0.25) is 0 Å². The maximum atomic E-state index is 9.87. The zero-order valence-electron chi connectivity index (χ0n) is 13.4. The van der Waals surface area contributed by atoms with Crippen molar-refractivity contribution in [1.82, 2.24) is 0 Å². The number of hydrogen-bond acceptors (Lipinski definition) is 1. The van der Waals surface area contributed by atoms with Gasteiger partial charge in [0.1, 0.15) is 5.76 Å². The molecule has 0 heterocycles. The summed E-state index contributed by atoms with van der Waals surface area (Å²) in [6.07, 6.45) is 10.8. The van der Waals surface area contributed by atoms with E-state index in [1.165, 1.54) is 25.7 Å². The first-order valence-electron chi connectivity index (χ1n) is 6.32. The number of hydrogen-bond donors (Lipinski definition) is 0. The molecule has 0 aliphatic heterocycles. The largest absolute Gasteiger partial charge is 0 e.